The molecular formula is C15H20O5. The molecule has 20 heavy (non-hydrogen) atoms. The SMILES string of the molecule is COCCCCOc1ccc(/C=C/C(=O)O)cc1OC. The van der Waals surface area contributed by atoms with Gasteiger partial charge in [-0.05, 0) is 36.6 Å². The van der Waals surface area contributed by atoms with Gasteiger partial charge < -0.3 is 19.3 Å². The molecule has 0 aliphatic carbocycles. The molecule has 0 radical (unpaired) electrons. The number of aliphatic carboxylic acids is 1. The Morgan fingerprint density at radius 2 is 1.95 bits per heavy atom. The van der Waals surface area contributed by atoms with Gasteiger partial charge in [0.2, 0.25) is 0 Å². The Bertz CT molecular complexity index is 454. The summed E-state index contributed by atoms with van der Waals surface area (Å²) in [5, 5.41) is 8.59. The summed E-state index contributed by atoms with van der Waals surface area (Å²) in [4.78, 5) is 10.5. The summed E-state index contributed by atoms with van der Waals surface area (Å²) in [6.45, 7) is 1.31. The largest absolute Gasteiger partial charge is 0.493 e. The number of benzene rings is 1. The van der Waals surface area contributed by atoms with E-state index in [0.29, 0.717) is 18.1 Å². The lowest BCUT2D eigenvalue weighted by Crippen LogP contribution is -2.01. The fourth-order valence-corrected chi connectivity index (χ4v) is 1.61. The van der Waals surface area contributed by atoms with Crippen LogP contribution in [-0.2, 0) is 9.53 Å². The van der Waals surface area contributed by atoms with Crippen molar-refractivity contribution in [1.29, 1.82) is 0 Å². The van der Waals surface area contributed by atoms with E-state index in [1.165, 1.54) is 6.08 Å². The van der Waals surface area contributed by atoms with Crippen LogP contribution in [0.3, 0.4) is 0 Å². The highest BCUT2D eigenvalue weighted by molar-refractivity contribution is 5.85. The topological polar surface area (TPSA) is 65.0 Å². The van der Waals surface area contributed by atoms with Crippen molar-refractivity contribution in [1.82, 2.24) is 0 Å². The number of carboxylic acid groups (broad SMARTS) is 1. The molecule has 110 valence electrons. The minimum absolute atomic E-state index is 0.587. The van der Waals surface area contributed by atoms with Crippen molar-refractivity contribution < 1.29 is 24.1 Å². The zero-order valence-electron chi connectivity index (χ0n) is 11.8. The van der Waals surface area contributed by atoms with Crippen molar-refractivity contribution in [3.63, 3.8) is 0 Å². The van der Waals surface area contributed by atoms with E-state index in [0.717, 1.165) is 31.1 Å². The van der Waals surface area contributed by atoms with Gasteiger partial charge in [0.25, 0.3) is 0 Å². The normalized spacial score (nSPS) is 10.7. The standard InChI is InChI=1S/C15H20O5/c1-18-9-3-4-10-20-13-7-5-12(6-8-15(16)17)11-14(13)19-2/h5-8,11H,3-4,9-10H2,1-2H3,(H,16,17)/b8-6+. The van der Waals surface area contributed by atoms with Crippen LogP contribution in [0, 0.1) is 0 Å². The third-order valence-corrected chi connectivity index (χ3v) is 2.61. The average Bonchev–Trinajstić information content (AvgIpc) is 2.45. The van der Waals surface area contributed by atoms with Gasteiger partial charge in [0.05, 0.1) is 13.7 Å². The molecule has 0 saturated carbocycles. The Labute approximate surface area is 118 Å². The van der Waals surface area contributed by atoms with Gasteiger partial charge in [-0.25, -0.2) is 4.79 Å². The van der Waals surface area contributed by atoms with E-state index < -0.39 is 5.97 Å². The van der Waals surface area contributed by atoms with Gasteiger partial charge in [-0.3, -0.25) is 0 Å². The van der Waals surface area contributed by atoms with Crippen molar-refractivity contribution in [2.24, 2.45) is 0 Å². The summed E-state index contributed by atoms with van der Waals surface area (Å²) in [7, 11) is 3.23. The van der Waals surface area contributed by atoms with Crippen molar-refractivity contribution in [3.8, 4) is 11.5 Å². The average molecular weight is 280 g/mol. The molecule has 0 spiro atoms. The number of hydrogen-bond acceptors (Lipinski definition) is 4. The number of methoxy groups -OCH3 is 2. The molecule has 1 aromatic rings. The first-order valence-electron chi connectivity index (χ1n) is 6.38. The van der Waals surface area contributed by atoms with Crippen molar-refractivity contribution in [2.45, 2.75) is 12.8 Å². The molecule has 5 heteroatoms. The number of unbranched alkanes of at least 4 members (excludes halogenated alkanes) is 1. The molecule has 0 unspecified atom stereocenters. The maximum Gasteiger partial charge on any atom is 0.328 e. The van der Waals surface area contributed by atoms with Gasteiger partial charge in [0.1, 0.15) is 0 Å². The van der Waals surface area contributed by atoms with E-state index in [2.05, 4.69) is 0 Å². The molecule has 0 heterocycles. The van der Waals surface area contributed by atoms with Crippen LogP contribution < -0.4 is 9.47 Å². The van der Waals surface area contributed by atoms with Gasteiger partial charge in [-0.2, -0.15) is 0 Å². The van der Waals surface area contributed by atoms with Gasteiger partial charge in [0.15, 0.2) is 11.5 Å². The first kappa shape index (κ1) is 16.0. The first-order chi connectivity index (χ1) is 9.67. The number of ether oxygens (including phenoxy) is 3. The second kappa shape index (κ2) is 8.98. The maximum atomic E-state index is 10.5. The van der Waals surface area contributed by atoms with Crippen molar-refractivity contribution in [2.75, 3.05) is 27.4 Å². The summed E-state index contributed by atoms with van der Waals surface area (Å²) < 4.78 is 15.8. The Morgan fingerprint density at radius 3 is 2.60 bits per heavy atom. The van der Waals surface area contributed by atoms with Crippen LogP contribution in [0.15, 0.2) is 24.3 Å². The first-order valence-corrected chi connectivity index (χ1v) is 6.38. The fourth-order valence-electron chi connectivity index (χ4n) is 1.61. The van der Waals surface area contributed by atoms with E-state index in [1.54, 1.807) is 32.4 Å². The number of hydrogen-bond donors (Lipinski definition) is 1. The second-order valence-corrected chi connectivity index (χ2v) is 4.13. The van der Waals surface area contributed by atoms with E-state index in [4.69, 9.17) is 19.3 Å². The second-order valence-electron chi connectivity index (χ2n) is 4.13. The highest BCUT2D eigenvalue weighted by Gasteiger charge is 2.04. The molecule has 1 rings (SSSR count). The highest BCUT2D eigenvalue weighted by atomic mass is 16.5. The summed E-state index contributed by atoms with van der Waals surface area (Å²) >= 11 is 0. The maximum absolute atomic E-state index is 10.5. The minimum atomic E-state index is -0.984. The third kappa shape index (κ3) is 5.75. The molecule has 0 saturated heterocycles. The smallest absolute Gasteiger partial charge is 0.328 e. The van der Waals surface area contributed by atoms with E-state index in [9.17, 15) is 4.79 Å². The van der Waals surface area contributed by atoms with Crippen LogP contribution in [-0.4, -0.2) is 38.5 Å². The Kier molecular flexibility index (Phi) is 7.21. The fraction of sp³-hybridized carbons (Fsp3) is 0.400. The lowest BCUT2D eigenvalue weighted by Gasteiger charge is -2.11. The van der Waals surface area contributed by atoms with Crippen LogP contribution >= 0.6 is 0 Å². The Balaban J connectivity index is 2.61. The number of carboxylic acids is 1. The van der Waals surface area contributed by atoms with Gasteiger partial charge in [-0.15, -0.1) is 0 Å². The molecule has 0 aromatic heterocycles. The predicted molar refractivity (Wildman–Crippen MR) is 76.3 cm³/mol. The summed E-state index contributed by atoms with van der Waals surface area (Å²) in [6.07, 6.45) is 4.43. The molecule has 0 aliphatic heterocycles. The molecule has 0 amide bonds. The number of carbonyl (C=O) groups is 1. The molecule has 1 aromatic carbocycles. The minimum Gasteiger partial charge on any atom is -0.493 e. The van der Waals surface area contributed by atoms with E-state index in [1.807, 2.05) is 0 Å². The van der Waals surface area contributed by atoms with Crippen LogP contribution in [0.1, 0.15) is 18.4 Å². The summed E-state index contributed by atoms with van der Waals surface area (Å²) in [5.74, 6) is 0.254. The third-order valence-electron chi connectivity index (χ3n) is 2.61. The Morgan fingerprint density at radius 1 is 1.20 bits per heavy atom. The Hall–Kier alpha value is -2.01. The zero-order chi connectivity index (χ0) is 14.8. The van der Waals surface area contributed by atoms with Crippen LogP contribution in [0.5, 0.6) is 11.5 Å². The molecule has 5 nitrogen and oxygen atoms in total. The van der Waals surface area contributed by atoms with Gasteiger partial charge in [0, 0.05) is 19.8 Å². The number of rotatable bonds is 9. The predicted octanol–water partition coefficient (Wildman–Crippen LogP) is 2.60. The van der Waals surface area contributed by atoms with Gasteiger partial charge in [-0.1, -0.05) is 6.07 Å². The molecule has 1 N–H and O–H groups in total. The van der Waals surface area contributed by atoms with Crippen LogP contribution in [0.2, 0.25) is 0 Å². The molecule has 0 bridgehead atoms. The van der Waals surface area contributed by atoms with E-state index >= 15 is 0 Å². The lowest BCUT2D eigenvalue weighted by molar-refractivity contribution is -0.131. The van der Waals surface area contributed by atoms with Crippen molar-refractivity contribution in [3.05, 3.63) is 29.8 Å². The summed E-state index contributed by atoms with van der Waals surface area (Å²) in [6, 6.07) is 5.30. The molecule has 0 aliphatic rings. The lowest BCUT2D eigenvalue weighted by atomic mass is 10.2. The van der Waals surface area contributed by atoms with Crippen molar-refractivity contribution >= 4 is 12.0 Å². The zero-order valence-corrected chi connectivity index (χ0v) is 11.8. The highest BCUT2D eigenvalue weighted by Crippen LogP contribution is 2.28. The van der Waals surface area contributed by atoms with Crippen LogP contribution in [0.25, 0.3) is 6.08 Å². The quantitative estimate of drug-likeness (QED) is 0.556. The molecule has 0 atom stereocenters. The van der Waals surface area contributed by atoms with Crippen LogP contribution in [0.4, 0.5) is 0 Å². The molecule has 0 fully saturated rings. The monoisotopic (exact) mass is 280 g/mol. The summed E-state index contributed by atoms with van der Waals surface area (Å²) in [5.41, 5.74) is 0.746. The van der Waals surface area contributed by atoms with E-state index in [-0.39, 0.29) is 0 Å². The molecular weight excluding hydrogens is 260 g/mol. The van der Waals surface area contributed by atoms with Gasteiger partial charge >= 0.3 is 5.97 Å².